The Hall–Kier alpha value is -5.38. The Labute approximate surface area is 454 Å². The summed E-state index contributed by atoms with van der Waals surface area (Å²) in [6.45, 7) is 20.8. The molecule has 3 aromatic rings. The van der Waals surface area contributed by atoms with E-state index in [0.29, 0.717) is 47.4 Å². The van der Waals surface area contributed by atoms with E-state index in [0.717, 1.165) is 12.1 Å². The number of amides is 1. The van der Waals surface area contributed by atoms with Crippen molar-refractivity contribution in [2.45, 2.75) is 186 Å². The molecule has 4 aliphatic rings. The van der Waals surface area contributed by atoms with Crippen LogP contribution in [0.25, 0.3) is 0 Å². The molecule has 7 rings (SSSR count). The molecule has 0 radical (unpaired) electrons. The number of nitrogens with one attached hydrogen (secondary N) is 1. The summed E-state index contributed by atoms with van der Waals surface area (Å²) < 4.78 is 61.4. The normalized spacial score (nSPS) is 28.5. The van der Waals surface area contributed by atoms with Crippen molar-refractivity contribution < 1.29 is 70.8 Å². The standard InChI is InChI=1S/C59H78FNO14Si2/c1-13-76(14-2,15-3)74-44-33-45-58(35-69-45,73-38(9)63)50-52(72-54(66)41-29-31-42(60)32-30-41)59(68)34-43(36(7)46(56(59,10)11)48(70-37(8)62)51(64)57(44,50)12)71-55(67)49(75-77(16-4,17-5)18-6)47(39-25-21-19-22-26-39)61-53(65)40-27-23-20-24-28-40/h19-32,43-45,47-50,52,68H,13-18,33-35H2,1-12H3,(H,61,65)/t43-,44-,45+,47-,48+,49+,50-,52-,57+,58-,59+/m0/s1. The van der Waals surface area contributed by atoms with E-state index in [1.165, 1.54) is 26.0 Å². The number of halogens is 1. The molecule has 18 heteroatoms. The van der Waals surface area contributed by atoms with E-state index in [2.05, 4.69) is 5.32 Å². The zero-order valence-electron chi connectivity index (χ0n) is 46.7. The lowest BCUT2D eigenvalue weighted by atomic mass is 9.44. The van der Waals surface area contributed by atoms with Gasteiger partial charge < -0.3 is 43.0 Å². The van der Waals surface area contributed by atoms with Crippen molar-refractivity contribution in [1.29, 1.82) is 0 Å². The highest BCUT2D eigenvalue weighted by Crippen LogP contribution is 2.65. The Morgan fingerprint density at radius 2 is 1.34 bits per heavy atom. The Morgan fingerprint density at radius 1 is 0.766 bits per heavy atom. The highest BCUT2D eigenvalue weighted by Gasteiger charge is 2.79. The number of ketones is 1. The number of rotatable bonds is 20. The molecular weight excluding hydrogens is 1020 g/mol. The number of aliphatic hydroxyl groups is 1. The van der Waals surface area contributed by atoms with Gasteiger partial charge in [0, 0.05) is 37.7 Å². The molecule has 3 aliphatic carbocycles. The highest BCUT2D eigenvalue weighted by atomic mass is 28.4. The maximum absolute atomic E-state index is 16.6. The number of carbonyl (C=O) groups excluding carboxylic acids is 6. The summed E-state index contributed by atoms with van der Waals surface area (Å²) in [6, 6.07) is 24.9. The second kappa shape index (κ2) is 23.1. The lowest BCUT2D eigenvalue weighted by Gasteiger charge is -2.68. The van der Waals surface area contributed by atoms with Crippen molar-refractivity contribution in [3.63, 3.8) is 0 Å². The molecule has 11 atom stereocenters. The van der Waals surface area contributed by atoms with Crippen molar-refractivity contribution in [3.05, 3.63) is 119 Å². The monoisotopic (exact) mass is 1100 g/mol. The predicted molar refractivity (Wildman–Crippen MR) is 290 cm³/mol. The lowest BCUT2D eigenvalue weighted by molar-refractivity contribution is -0.344. The second-order valence-corrected chi connectivity index (χ2v) is 31.6. The second-order valence-electron chi connectivity index (χ2n) is 22.2. The van der Waals surface area contributed by atoms with Crippen LogP contribution in [-0.4, -0.2) is 112 Å². The van der Waals surface area contributed by atoms with Gasteiger partial charge in [0.05, 0.1) is 35.6 Å². The van der Waals surface area contributed by atoms with Crippen LogP contribution in [0.15, 0.2) is 96.1 Å². The largest absolute Gasteiger partial charge is 0.456 e. The molecule has 3 fully saturated rings. The maximum Gasteiger partial charge on any atom is 0.338 e. The number of hydrogen-bond acceptors (Lipinski definition) is 14. The molecule has 1 aliphatic heterocycles. The molecule has 3 aromatic carbocycles. The molecule has 1 heterocycles. The number of esters is 4. The number of hydrogen-bond donors (Lipinski definition) is 2. The quantitative estimate of drug-likeness (QED) is 0.0469. The van der Waals surface area contributed by atoms with Gasteiger partial charge in [0.25, 0.3) is 5.91 Å². The van der Waals surface area contributed by atoms with Crippen LogP contribution in [0.3, 0.4) is 0 Å². The summed E-state index contributed by atoms with van der Waals surface area (Å²) in [6.07, 6.45) is -8.89. The first-order chi connectivity index (χ1) is 36.4. The van der Waals surface area contributed by atoms with E-state index >= 15 is 9.59 Å². The van der Waals surface area contributed by atoms with Crippen LogP contribution >= 0.6 is 0 Å². The zero-order chi connectivity index (χ0) is 56.5. The van der Waals surface area contributed by atoms with Gasteiger partial charge in [-0.25, -0.2) is 14.0 Å². The van der Waals surface area contributed by atoms with Crippen molar-refractivity contribution in [2.24, 2.45) is 16.7 Å². The molecule has 77 heavy (non-hydrogen) atoms. The van der Waals surface area contributed by atoms with Crippen LogP contribution in [0.4, 0.5) is 4.39 Å². The SMILES string of the molecule is CC[Si](CC)(CC)O[C@H]1C[C@H]2OC[C@@]2(OC(C)=O)[C@H]2[C@H](OC(=O)c3ccc(F)cc3)[C@]3(O)C[C@H](OC(=O)[C@H](O[Si](CC)(CC)CC)[C@@H](NC(=O)c4ccccc4)c4ccccc4)C(C)=C([C@@H](OC(C)=O)C(=O)[C@]12C)C3(C)C. The van der Waals surface area contributed by atoms with Gasteiger partial charge in [0.1, 0.15) is 29.7 Å². The number of ether oxygens (including phenoxy) is 5. The number of Topliss-reactive ketones (excluding diaryl/α,β-unsaturated/α-hetero) is 1. The predicted octanol–water partition coefficient (Wildman–Crippen LogP) is 9.93. The van der Waals surface area contributed by atoms with E-state index in [9.17, 15) is 28.7 Å². The third kappa shape index (κ3) is 10.8. The Morgan fingerprint density at radius 3 is 1.86 bits per heavy atom. The molecule has 15 nitrogen and oxygen atoms in total. The zero-order valence-corrected chi connectivity index (χ0v) is 48.7. The molecule has 0 unspecified atom stereocenters. The van der Waals surface area contributed by atoms with Gasteiger partial charge in [-0.05, 0) is 103 Å². The highest BCUT2D eigenvalue weighted by molar-refractivity contribution is 6.74. The average Bonchev–Trinajstić information content (AvgIpc) is 3.60. The van der Waals surface area contributed by atoms with Gasteiger partial charge in [-0.15, -0.1) is 0 Å². The van der Waals surface area contributed by atoms with Crippen LogP contribution in [0.1, 0.15) is 128 Å². The molecule has 2 N–H and O–H groups in total. The lowest BCUT2D eigenvalue weighted by Crippen LogP contribution is -2.82. The van der Waals surface area contributed by atoms with Gasteiger partial charge in [0.15, 0.2) is 40.2 Å². The Kier molecular flexibility index (Phi) is 17.8. The molecule has 2 bridgehead atoms. The van der Waals surface area contributed by atoms with Gasteiger partial charge in [-0.2, -0.15) is 0 Å². The molecule has 418 valence electrons. The molecule has 0 spiro atoms. The summed E-state index contributed by atoms with van der Waals surface area (Å²) in [7, 11) is -5.47. The van der Waals surface area contributed by atoms with E-state index in [1.807, 2.05) is 47.6 Å². The number of fused-ring (bicyclic) bond motifs is 5. The maximum atomic E-state index is 16.6. The first kappa shape index (κ1) is 59.3. The fourth-order valence-electron chi connectivity index (χ4n) is 13.0. The Bertz CT molecular complexity index is 2680. The molecule has 0 aromatic heterocycles. The summed E-state index contributed by atoms with van der Waals surface area (Å²) in [5, 5.41) is 17.5. The molecule has 1 saturated heterocycles. The van der Waals surface area contributed by atoms with Crippen LogP contribution < -0.4 is 5.32 Å². The summed E-state index contributed by atoms with van der Waals surface area (Å²) in [5.41, 5.74) is -6.56. The van der Waals surface area contributed by atoms with Crippen LogP contribution in [0.5, 0.6) is 0 Å². The van der Waals surface area contributed by atoms with E-state index in [4.69, 9.17) is 32.5 Å². The van der Waals surface area contributed by atoms with Gasteiger partial charge in [0.2, 0.25) is 0 Å². The van der Waals surface area contributed by atoms with E-state index in [1.54, 1.807) is 82.3 Å². The molecule has 2 saturated carbocycles. The first-order valence-corrected chi connectivity index (χ1v) is 32.4. The van der Waals surface area contributed by atoms with Gasteiger partial charge in [-0.3, -0.25) is 19.2 Å². The van der Waals surface area contributed by atoms with Crippen LogP contribution in [-0.2, 0) is 51.7 Å². The van der Waals surface area contributed by atoms with Crippen LogP contribution in [0, 0.1) is 22.6 Å². The van der Waals surface area contributed by atoms with Crippen LogP contribution in [0.2, 0.25) is 36.3 Å². The molecular formula is C59H78FNO14Si2. The minimum Gasteiger partial charge on any atom is -0.456 e. The van der Waals surface area contributed by atoms with Gasteiger partial charge in [-0.1, -0.05) is 104 Å². The number of carbonyl (C=O) groups is 6. The average molecular weight is 1100 g/mol. The third-order valence-electron chi connectivity index (χ3n) is 18.1. The first-order valence-electron chi connectivity index (χ1n) is 27.3. The van der Waals surface area contributed by atoms with E-state index < -0.39 is 135 Å². The van der Waals surface area contributed by atoms with Crippen molar-refractivity contribution in [1.82, 2.24) is 5.32 Å². The van der Waals surface area contributed by atoms with Crippen molar-refractivity contribution >= 4 is 52.2 Å². The topological polar surface area (TPSA) is 199 Å². The summed E-state index contributed by atoms with van der Waals surface area (Å²) in [5.74, 6) is -6.74. The van der Waals surface area contributed by atoms with Crippen molar-refractivity contribution in [2.75, 3.05) is 6.61 Å². The summed E-state index contributed by atoms with van der Waals surface area (Å²) in [4.78, 5) is 88.6. The number of benzene rings is 3. The minimum atomic E-state index is -2.78. The van der Waals surface area contributed by atoms with Crippen molar-refractivity contribution in [3.8, 4) is 0 Å². The fourth-order valence-corrected chi connectivity index (χ4v) is 18.7. The summed E-state index contributed by atoms with van der Waals surface area (Å²) >= 11 is 0. The Balaban J connectivity index is 1.50. The fraction of sp³-hybridized carbons (Fsp3) is 0.559. The van der Waals surface area contributed by atoms with Gasteiger partial charge >= 0.3 is 23.9 Å². The minimum absolute atomic E-state index is 0.0507. The van der Waals surface area contributed by atoms with E-state index in [-0.39, 0.29) is 29.7 Å². The third-order valence-corrected chi connectivity index (χ3v) is 27.4. The molecule has 1 amide bonds. The smallest absolute Gasteiger partial charge is 0.338 e.